The fraction of sp³-hybridized carbons (Fsp3) is 0.531. The normalized spacial score (nSPS) is 17.4. The first-order valence-electron chi connectivity index (χ1n) is 15.2. The van der Waals surface area contributed by atoms with Gasteiger partial charge in [0, 0.05) is 68.3 Å². The number of ether oxygens (including phenoxy) is 2. The summed E-state index contributed by atoms with van der Waals surface area (Å²) in [6.45, 7) is 6.06. The van der Waals surface area contributed by atoms with Crippen LogP contribution in [0, 0.1) is 0 Å². The Morgan fingerprint density at radius 3 is 2.72 bits per heavy atom. The molecule has 0 aliphatic carbocycles. The molecule has 2 aliphatic rings. The van der Waals surface area contributed by atoms with Crippen LogP contribution in [0.25, 0.3) is 11.0 Å². The van der Waals surface area contributed by atoms with Gasteiger partial charge in [-0.3, -0.25) is 9.69 Å². The molecule has 1 unspecified atom stereocenters. The first-order valence-corrected chi connectivity index (χ1v) is 15.6. The minimum absolute atomic E-state index is 0.0557. The van der Waals surface area contributed by atoms with E-state index in [9.17, 15) is 9.59 Å². The van der Waals surface area contributed by atoms with Crippen LogP contribution in [0.2, 0.25) is 5.02 Å². The van der Waals surface area contributed by atoms with Crippen molar-refractivity contribution < 1.29 is 19.1 Å². The topological polar surface area (TPSA) is 83.4 Å². The van der Waals surface area contributed by atoms with E-state index in [2.05, 4.69) is 16.8 Å². The number of likely N-dealkylation sites (tertiary alicyclic amines) is 1. The van der Waals surface area contributed by atoms with E-state index in [-0.39, 0.29) is 18.5 Å². The van der Waals surface area contributed by atoms with Gasteiger partial charge < -0.3 is 28.7 Å². The molecule has 43 heavy (non-hydrogen) atoms. The van der Waals surface area contributed by atoms with E-state index in [4.69, 9.17) is 21.1 Å². The molecule has 2 fully saturated rings. The molecule has 2 saturated heterocycles. The number of amides is 3. The molecule has 2 aliphatic heterocycles. The maximum atomic E-state index is 13.8. The third-order valence-electron chi connectivity index (χ3n) is 8.49. The quantitative estimate of drug-likeness (QED) is 0.260. The zero-order valence-electron chi connectivity index (χ0n) is 25.7. The van der Waals surface area contributed by atoms with Gasteiger partial charge in [-0.2, -0.15) is 0 Å². The molecule has 0 radical (unpaired) electrons. The Kier molecular flexibility index (Phi) is 9.97. The van der Waals surface area contributed by atoms with Crippen LogP contribution in [-0.4, -0.2) is 96.2 Å². The number of methoxy groups -OCH3 is 1. The number of hydrogen-bond donors (Lipinski definition) is 0. The van der Waals surface area contributed by atoms with Gasteiger partial charge in [-0.25, -0.2) is 9.78 Å². The third kappa shape index (κ3) is 6.86. The predicted molar refractivity (Wildman–Crippen MR) is 169 cm³/mol. The predicted octanol–water partition coefficient (Wildman–Crippen LogP) is 5.26. The summed E-state index contributed by atoms with van der Waals surface area (Å²) in [6, 6.07) is 7.86. The van der Waals surface area contributed by atoms with Gasteiger partial charge in [0.2, 0.25) is 5.91 Å². The SMILES string of the molecule is CCCCCOc1cc(N2CCCN(Cc3ccnc4c3c(Cl)cn4CC(=O)N3CCC(N(C)C)C3)C2=O)ccc1OC. The van der Waals surface area contributed by atoms with Crippen molar-refractivity contribution in [1.82, 2.24) is 24.3 Å². The lowest BCUT2D eigenvalue weighted by atomic mass is 10.1. The minimum Gasteiger partial charge on any atom is -0.493 e. The Morgan fingerprint density at radius 2 is 1.98 bits per heavy atom. The Bertz CT molecular complexity index is 1440. The lowest BCUT2D eigenvalue weighted by Crippen LogP contribution is -2.49. The molecule has 11 heteroatoms. The second-order valence-electron chi connectivity index (χ2n) is 11.6. The van der Waals surface area contributed by atoms with Crippen molar-refractivity contribution >= 4 is 40.3 Å². The van der Waals surface area contributed by atoms with Crippen LogP contribution in [0.4, 0.5) is 10.5 Å². The second-order valence-corrected chi connectivity index (χ2v) is 12.0. The fourth-order valence-electron chi connectivity index (χ4n) is 5.97. The van der Waals surface area contributed by atoms with Crippen molar-refractivity contribution in [2.75, 3.05) is 58.9 Å². The summed E-state index contributed by atoms with van der Waals surface area (Å²) in [5.41, 5.74) is 2.34. The maximum Gasteiger partial charge on any atom is 0.324 e. The average molecular weight is 611 g/mol. The molecule has 3 amide bonds. The van der Waals surface area contributed by atoms with Crippen LogP contribution in [0.1, 0.15) is 44.6 Å². The summed E-state index contributed by atoms with van der Waals surface area (Å²) < 4.78 is 13.4. The Hall–Kier alpha value is -3.50. The number of pyridine rings is 1. The number of likely N-dealkylation sites (N-methyl/N-ethyl adjacent to an activating group) is 1. The van der Waals surface area contributed by atoms with Gasteiger partial charge in [-0.1, -0.05) is 31.4 Å². The second kappa shape index (κ2) is 13.9. The number of anilines is 1. The lowest BCUT2D eigenvalue weighted by molar-refractivity contribution is -0.130. The summed E-state index contributed by atoms with van der Waals surface area (Å²) in [6.07, 6.45) is 8.49. The molecule has 4 heterocycles. The lowest BCUT2D eigenvalue weighted by Gasteiger charge is -2.36. The van der Waals surface area contributed by atoms with E-state index >= 15 is 0 Å². The van der Waals surface area contributed by atoms with Crippen molar-refractivity contribution in [3.05, 3.63) is 47.2 Å². The largest absolute Gasteiger partial charge is 0.493 e. The van der Waals surface area contributed by atoms with Gasteiger partial charge in [0.05, 0.1) is 18.7 Å². The number of carbonyl (C=O) groups is 2. The molecular formula is C32H43ClN6O4. The molecule has 1 atom stereocenters. The van der Waals surface area contributed by atoms with Crippen LogP contribution in [0.3, 0.4) is 0 Å². The number of fused-ring (bicyclic) bond motifs is 1. The molecule has 10 nitrogen and oxygen atoms in total. The molecule has 0 N–H and O–H groups in total. The monoisotopic (exact) mass is 610 g/mol. The molecule has 0 spiro atoms. The summed E-state index contributed by atoms with van der Waals surface area (Å²) in [5, 5.41) is 1.31. The fourth-order valence-corrected chi connectivity index (χ4v) is 6.30. The first kappa shape index (κ1) is 30.9. The van der Waals surface area contributed by atoms with Gasteiger partial charge >= 0.3 is 6.03 Å². The summed E-state index contributed by atoms with van der Waals surface area (Å²) in [4.78, 5) is 39.2. The van der Waals surface area contributed by atoms with E-state index in [1.54, 1.807) is 24.4 Å². The van der Waals surface area contributed by atoms with Crippen molar-refractivity contribution in [3.8, 4) is 11.5 Å². The van der Waals surface area contributed by atoms with Gasteiger partial charge in [0.25, 0.3) is 0 Å². The third-order valence-corrected chi connectivity index (χ3v) is 8.77. The van der Waals surface area contributed by atoms with Crippen LogP contribution < -0.4 is 14.4 Å². The van der Waals surface area contributed by atoms with Crippen molar-refractivity contribution in [2.24, 2.45) is 0 Å². The van der Waals surface area contributed by atoms with Gasteiger partial charge in [-0.15, -0.1) is 0 Å². The number of carbonyl (C=O) groups excluding carboxylic acids is 2. The Morgan fingerprint density at radius 1 is 1.14 bits per heavy atom. The molecule has 5 rings (SSSR count). The highest BCUT2D eigenvalue weighted by molar-refractivity contribution is 6.35. The molecule has 2 aromatic heterocycles. The number of aromatic nitrogens is 2. The van der Waals surface area contributed by atoms with Crippen LogP contribution in [0.5, 0.6) is 11.5 Å². The zero-order chi connectivity index (χ0) is 30.5. The average Bonchev–Trinajstić information content (AvgIpc) is 3.62. The summed E-state index contributed by atoms with van der Waals surface area (Å²) in [5.74, 6) is 1.35. The summed E-state index contributed by atoms with van der Waals surface area (Å²) >= 11 is 6.74. The molecule has 3 aromatic rings. The van der Waals surface area contributed by atoms with Crippen molar-refractivity contribution in [3.63, 3.8) is 0 Å². The van der Waals surface area contributed by atoms with Crippen LogP contribution in [-0.2, 0) is 17.9 Å². The standard InChI is InChI=1S/C32H43ClN6O4/c1-5-6-7-17-43-28-18-24(9-10-27(28)42-4)39-15-8-14-37(32(39)41)19-23-11-13-34-31-30(23)26(33)21-38(31)22-29(40)36-16-12-25(20-36)35(2)3/h9-11,13,18,21,25H,5-8,12,14-17,19-20,22H2,1-4H3. The molecule has 0 saturated carbocycles. The summed E-state index contributed by atoms with van der Waals surface area (Å²) in [7, 11) is 5.72. The zero-order valence-corrected chi connectivity index (χ0v) is 26.5. The van der Waals surface area contributed by atoms with E-state index in [0.717, 1.165) is 61.8 Å². The number of benzene rings is 1. The van der Waals surface area contributed by atoms with Crippen LogP contribution >= 0.6 is 11.6 Å². The van der Waals surface area contributed by atoms with Gasteiger partial charge in [0.1, 0.15) is 12.2 Å². The highest BCUT2D eigenvalue weighted by atomic mass is 35.5. The Balaban J connectivity index is 1.31. The highest BCUT2D eigenvalue weighted by Crippen LogP contribution is 2.34. The first-order chi connectivity index (χ1) is 20.8. The van der Waals surface area contributed by atoms with Gasteiger partial charge in [-0.05, 0) is 57.1 Å². The smallest absolute Gasteiger partial charge is 0.324 e. The molecule has 232 valence electrons. The maximum absolute atomic E-state index is 13.8. The van der Waals surface area contributed by atoms with E-state index < -0.39 is 0 Å². The number of halogens is 1. The number of nitrogens with zero attached hydrogens (tertiary/aromatic N) is 6. The van der Waals surface area contributed by atoms with E-state index in [1.807, 2.05) is 52.7 Å². The molecular weight excluding hydrogens is 568 g/mol. The van der Waals surface area contributed by atoms with E-state index in [1.165, 1.54) is 0 Å². The van der Waals surface area contributed by atoms with Crippen molar-refractivity contribution in [2.45, 2.75) is 58.2 Å². The number of unbranched alkanes of at least 4 members (excludes halogenated alkanes) is 2. The highest BCUT2D eigenvalue weighted by Gasteiger charge is 2.30. The number of urea groups is 1. The molecule has 1 aromatic carbocycles. The molecule has 0 bridgehead atoms. The Labute approximate surface area is 259 Å². The number of hydrogen-bond acceptors (Lipinski definition) is 6. The minimum atomic E-state index is -0.0754. The number of rotatable bonds is 12. The van der Waals surface area contributed by atoms with Gasteiger partial charge in [0.15, 0.2) is 11.5 Å². The van der Waals surface area contributed by atoms with Crippen molar-refractivity contribution in [1.29, 1.82) is 0 Å². The van der Waals surface area contributed by atoms with E-state index in [0.29, 0.717) is 54.5 Å². The van der Waals surface area contributed by atoms with Crippen LogP contribution in [0.15, 0.2) is 36.7 Å².